The second-order valence-corrected chi connectivity index (χ2v) is 13.0. The van der Waals surface area contributed by atoms with Crippen LogP contribution in [0.2, 0.25) is 0 Å². The van der Waals surface area contributed by atoms with Crippen LogP contribution in [0.25, 0.3) is 0 Å². The first-order valence-corrected chi connectivity index (χ1v) is 17.6. The topological polar surface area (TPSA) is 12.5 Å². The van der Waals surface area contributed by atoms with Crippen LogP contribution in [0.4, 0.5) is 0 Å². The summed E-state index contributed by atoms with van der Waals surface area (Å²) in [5.41, 5.74) is 2.83. The van der Waals surface area contributed by atoms with E-state index in [1.54, 1.807) is 0 Å². The quantitative estimate of drug-likeness (QED) is 0.0495. The van der Waals surface area contributed by atoms with Gasteiger partial charge in [0.1, 0.15) is 11.0 Å². The van der Waals surface area contributed by atoms with E-state index in [0.29, 0.717) is 0 Å². The third kappa shape index (κ3) is 12.5. The van der Waals surface area contributed by atoms with Crippen molar-refractivity contribution in [1.82, 2.24) is 4.90 Å². The minimum Gasteiger partial charge on any atom is -0.346 e. The van der Waals surface area contributed by atoms with Gasteiger partial charge < -0.3 is 9.64 Å². The summed E-state index contributed by atoms with van der Waals surface area (Å²) in [4.78, 5) is 2.25. The molecule has 2 nitrogen and oxygen atoms in total. The number of hydrogen-bond acceptors (Lipinski definition) is 3. The van der Waals surface area contributed by atoms with Gasteiger partial charge in [0.25, 0.3) is 0 Å². The van der Waals surface area contributed by atoms with E-state index in [9.17, 15) is 0 Å². The largest absolute Gasteiger partial charge is 0.346 e. The molecule has 0 spiro atoms. The van der Waals surface area contributed by atoms with Gasteiger partial charge in [-0.1, -0.05) is 154 Å². The molecule has 43 heavy (non-hydrogen) atoms. The van der Waals surface area contributed by atoms with Gasteiger partial charge in [0.15, 0.2) is 0 Å². The zero-order valence-corrected chi connectivity index (χ0v) is 27.8. The molecule has 0 saturated carbocycles. The third-order valence-electron chi connectivity index (χ3n) is 7.76. The van der Waals surface area contributed by atoms with Crippen LogP contribution in [0.5, 0.6) is 0 Å². The molecule has 3 aromatic carbocycles. The van der Waals surface area contributed by atoms with E-state index in [0.717, 1.165) is 35.4 Å². The Hall–Kier alpha value is -2.59. The number of thioether (sulfide) groups is 1. The Morgan fingerprint density at radius 2 is 1.09 bits per heavy atom. The van der Waals surface area contributed by atoms with Crippen molar-refractivity contribution in [1.29, 1.82) is 0 Å². The summed E-state index contributed by atoms with van der Waals surface area (Å²) in [6, 6.07) is 32.2. The highest BCUT2D eigenvalue weighted by Crippen LogP contribution is 2.42. The van der Waals surface area contributed by atoms with E-state index < -0.39 is 5.60 Å². The lowest BCUT2D eigenvalue weighted by molar-refractivity contribution is -0.0128. The normalized spacial score (nSPS) is 12.9. The van der Waals surface area contributed by atoms with E-state index in [1.807, 2.05) is 11.8 Å². The lowest BCUT2D eigenvalue weighted by atomic mass is 9.80. The zero-order valence-electron chi connectivity index (χ0n) is 27.0. The first-order chi connectivity index (χ1) is 21.2. The van der Waals surface area contributed by atoms with Gasteiger partial charge >= 0.3 is 0 Å². The van der Waals surface area contributed by atoms with Crippen molar-refractivity contribution < 1.29 is 4.74 Å². The maximum absolute atomic E-state index is 7.34. The van der Waals surface area contributed by atoms with Gasteiger partial charge in [0.2, 0.25) is 0 Å². The van der Waals surface area contributed by atoms with Crippen LogP contribution in [0, 0.1) is 0 Å². The van der Waals surface area contributed by atoms with Crippen LogP contribution in [0.1, 0.15) is 94.2 Å². The molecule has 3 aromatic rings. The highest BCUT2D eigenvalue weighted by Gasteiger charge is 2.40. The number of allylic oxidation sites excluding steroid dienone is 4. The van der Waals surface area contributed by atoms with E-state index in [2.05, 4.69) is 141 Å². The first-order valence-electron chi connectivity index (χ1n) is 16.6. The van der Waals surface area contributed by atoms with E-state index in [-0.39, 0.29) is 5.44 Å². The molecule has 0 amide bonds. The fourth-order valence-corrected chi connectivity index (χ4v) is 6.72. The van der Waals surface area contributed by atoms with Crippen LogP contribution in [0.15, 0.2) is 115 Å². The van der Waals surface area contributed by atoms with Gasteiger partial charge in [0.05, 0.1) is 0 Å². The standard InChI is InChI=1S/C40H55NOS/c1-4-5-6-7-8-9-10-11-12-13-14-15-16-17-27-34-43-39(35-41(2)3)42-40(36-28-21-18-22-29-36,37-30-23-19-24-31-37)38-32-25-20-26-33-38/h8-9,11-12,18-26,28-33,39H,4-7,10,13-17,27,34-35H2,1-3H3. The molecule has 0 heterocycles. The van der Waals surface area contributed by atoms with E-state index >= 15 is 0 Å². The fraction of sp³-hybridized carbons (Fsp3) is 0.450. The Kier molecular flexibility index (Phi) is 17.2. The highest BCUT2D eigenvalue weighted by atomic mass is 32.2. The van der Waals surface area contributed by atoms with Crippen molar-refractivity contribution >= 4 is 11.8 Å². The molecule has 232 valence electrons. The molecule has 0 bridgehead atoms. The average Bonchev–Trinajstić information content (AvgIpc) is 3.04. The summed E-state index contributed by atoms with van der Waals surface area (Å²) in [6.45, 7) is 3.12. The van der Waals surface area contributed by atoms with Crippen LogP contribution in [-0.2, 0) is 10.3 Å². The maximum Gasteiger partial charge on any atom is 0.145 e. The number of ether oxygens (including phenoxy) is 1. The molecule has 3 rings (SSSR count). The van der Waals surface area contributed by atoms with Gasteiger partial charge in [-0.15, -0.1) is 11.8 Å². The van der Waals surface area contributed by atoms with Crippen molar-refractivity contribution in [2.24, 2.45) is 0 Å². The minimum atomic E-state index is -0.685. The lowest BCUT2D eigenvalue weighted by Gasteiger charge is -2.39. The second kappa shape index (κ2) is 21.2. The van der Waals surface area contributed by atoms with E-state index in [4.69, 9.17) is 4.74 Å². The predicted octanol–water partition coefficient (Wildman–Crippen LogP) is 11.0. The maximum atomic E-state index is 7.34. The summed E-state index contributed by atoms with van der Waals surface area (Å²) in [5.74, 6) is 1.11. The summed E-state index contributed by atoms with van der Waals surface area (Å²) in [5, 5.41) is 0. The molecule has 1 atom stereocenters. The zero-order chi connectivity index (χ0) is 30.4. The SMILES string of the molecule is CCCCCC=CCC=CCCCCCCCSC(CN(C)C)OC(c1ccccc1)(c1ccccc1)c1ccccc1. The number of hydrogen-bond donors (Lipinski definition) is 0. The van der Waals surface area contributed by atoms with Crippen LogP contribution in [0.3, 0.4) is 0 Å². The third-order valence-corrected chi connectivity index (χ3v) is 8.90. The fourth-order valence-electron chi connectivity index (χ4n) is 5.47. The molecule has 0 aliphatic heterocycles. The summed E-state index contributed by atoms with van der Waals surface area (Å²) < 4.78 is 7.34. The monoisotopic (exact) mass is 597 g/mol. The molecule has 0 N–H and O–H groups in total. The number of nitrogens with zero attached hydrogens (tertiary/aromatic N) is 1. The molecule has 0 aliphatic rings. The van der Waals surface area contributed by atoms with Crippen molar-refractivity contribution in [3.63, 3.8) is 0 Å². The molecule has 0 aromatic heterocycles. The molecule has 0 radical (unpaired) electrons. The molecule has 0 saturated heterocycles. The Morgan fingerprint density at radius 3 is 1.58 bits per heavy atom. The molecule has 1 unspecified atom stereocenters. The Balaban J connectivity index is 1.54. The summed E-state index contributed by atoms with van der Waals surface area (Å²) >= 11 is 1.96. The second-order valence-electron chi connectivity index (χ2n) is 11.7. The van der Waals surface area contributed by atoms with E-state index in [1.165, 1.54) is 64.2 Å². The van der Waals surface area contributed by atoms with Gasteiger partial charge in [-0.2, -0.15) is 0 Å². The number of rotatable bonds is 22. The summed E-state index contributed by atoms with van der Waals surface area (Å²) in [6.07, 6.45) is 23.3. The smallest absolute Gasteiger partial charge is 0.145 e. The Morgan fingerprint density at radius 1 is 0.628 bits per heavy atom. The molecule has 0 fully saturated rings. The van der Waals surface area contributed by atoms with Gasteiger partial charge in [-0.05, 0) is 75.1 Å². The molecular weight excluding hydrogens is 543 g/mol. The van der Waals surface area contributed by atoms with Crippen molar-refractivity contribution in [2.45, 2.75) is 88.6 Å². The first kappa shape index (κ1) is 34.9. The Labute approximate surface area is 267 Å². The predicted molar refractivity (Wildman–Crippen MR) is 190 cm³/mol. The van der Waals surface area contributed by atoms with Gasteiger partial charge in [-0.3, -0.25) is 0 Å². The number of unbranched alkanes of at least 4 members (excludes halogenated alkanes) is 8. The number of likely N-dealkylation sites (N-methyl/N-ethyl adjacent to an activating group) is 1. The van der Waals surface area contributed by atoms with Crippen molar-refractivity contribution in [3.05, 3.63) is 132 Å². The lowest BCUT2D eigenvalue weighted by Crippen LogP contribution is -2.39. The highest BCUT2D eigenvalue weighted by molar-refractivity contribution is 7.99. The average molecular weight is 598 g/mol. The van der Waals surface area contributed by atoms with Crippen LogP contribution < -0.4 is 0 Å². The molecular formula is C40H55NOS. The van der Waals surface area contributed by atoms with Crippen molar-refractivity contribution in [3.8, 4) is 0 Å². The molecule has 3 heteroatoms. The van der Waals surface area contributed by atoms with Gasteiger partial charge in [-0.25, -0.2) is 0 Å². The summed E-state index contributed by atoms with van der Waals surface area (Å²) in [7, 11) is 4.29. The minimum absolute atomic E-state index is 0.0291. The van der Waals surface area contributed by atoms with Crippen molar-refractivity contribution in [2.75, 3.05) is 26.4 Å². The van der Waals surface area contributed by atoms with Crippen LogP contribution in [-0.4, -0.2) is 36.7 Å². The Bertz CT molecular complexity index is 1050. The van der Waals surface area contributed by atoms with Gasteiger partial charge in [0, 0.05) is 6.54 Å². The molecule has 0 aliphatic carbocycles. The number of benzene rings is 3. The van der Waals surface area contributed by atoms with Crippen LogP contribution >= 0.6 is 11.8 Å².